The molecular formula is C77H140O17P2. The Kier molecular flexibility index (Phi) is 67.8. The average molecular weight is 1400 g/mol. The Morgan fingerprint density at radius 1 is 0.292 bits per heavy atom. The van der Waals surface area contributed by atoms with Crippen LogP contribution in [0.3, 0.4) is 0 Å². The van der Waals surface area contributed by atoms with Crippen LogP contribution in [0.2, 0.25) is 0 Å². The van der Waals surface area contributed by atoms with E-state index in [0.29, 0.717) is 25.7 Å². The second kappa shape index (κ2) is 70.2. The van der Waals surface area contributed by atoms with Crippen molar-refractivity contribution < 1.29 is 80.2 Å². The fourth-order valence-corrected chi connectivity index (χ4v) is 12.1. The van der Waals surface area contributed by atoms with Gasteiger partial charge in [0.05, 0.1) is 26.4 Å². The van der Waals surface area contributed by atoms with Gasteiger partial charge in [-0.3, -0.25) is 37.3 Å². The first kappa shape index (κ1) is 92.8. The van der Waals surface area contributed by atoms with E-state index in [4.69, 9.17) is 37.0 Å². The van der Waals surface area contributed by atoms with Crippen LogP contribution in [0.4, 0.5) is 0 Å². The maximum absolute atomic E-state index is 13.1. The summed E-state index contributed by atoms with van der Waals surface area (Å²) in [7, 11) is -9.94. The van der Waals surface area contributed by atoms with Crippen LogP contribution in [0, 0.1) is 0 Å². The van der Waals surface area contributed by atoms with Crippen LogP contribution < -0.4 is 0 Å². The second-order valence-corrected chi connectivity index (χ2v) is 28.9. The molecular weight excluding hydrogens is 1260 g/mol. The molecule has 0 spiro atoms. The number of aliphatic hydroxyl groups is 1. The third kappa shape index (κ3) is 69.2. The van der Waals surface area contributed by atoms with Gasteiger partial charge in [0.1, 0.15) is 19.3 Å². The van der Waals surface area contributed by atoms with Gasteiger partial charge in [0, 0.05) is 25.7 Å². The van der Waals surface area contributed by atoms with E-state index in [2.05, 4.69) is 88.5 Å². The lowest BCUT2D eigenvalue weighted by Gasteiger charge is -2.21. The minimum Gasteiger partial charge on any atom is -0.462 e. The van der Waals surface area contributed by atoms with E-state index in [0.717, 1.165) is 161 Å². The summed E-state index contributed by atoms with van der Waals surface area (Å²) in [5.74, 6) is -2.19. The van der Waals surface area contributed by atoms with Crippen molar-refractivity contribution in [3.8, 4) is 0 Å². The van der Waals surface area contributed by atoms with E-state index in [1.807, 2.05) is 0 Å². The van der Waals surface area contributed by atoms with Gasteiger partial charge < -0.3 is 33.8 Å². The van der Waals surface area contributed by atoms with Gasteiger partial charge in [-0.2, -0.15) is 0 Å². The lowest BCUT2D eigenvalue weighted by Crippen LogP contribution is -2.30. The maximum Gasteiger partial charge on any atom is 0.472 e. The second-order valence-electron chi connectivity index (χ2n) is 25.9. The molecule has 5 unspecified atom stereocenters. The molecule has 0 saturated carbocycles. The molecule has 0 saturated heterocycles. The number of phosphoric acid groups is 2. The Morgan fingerprint density at radius 3 is 0.854 bits per heavy atom. The van der Waals surface area contributed by atoms with Crippen molar-refractivity contribution >= 4 is 39.5 Å². The molecule has 0 heterocycles. The molecule has 0 radical (unpaired) electrons. The van der Waals surface area contributed by atoms with Gasteiger partial charge >= 0.3 is 39.5 Å². The number of phosphoric ester groups is 2. The molecule has 0 aromatic carbocycles. The van der Waals surface area contributed by atoms with Crippen molar-refractivity contribution in [3.63, 3.8) is 0 Å². The van der Waals surface area contributed by atoms with Crippen LogP contribution in [0.15, 0.2) is 60.8 Å². The molecule has 0 aliphatic rings. The number of hydrogen-bond donors (Lipinski definition) is 3. The van der Waals surface area contributed by atoms with Crippen LogP contribution in [0.1, 0.15) is 349 Å². The van der Waals surface area contributed by atoms with E-state index in [1.165, 1.54) is 109 Å². The first-order valence-corrected chi connectivity index (χ1v) is 41.5. The van der Waals surface area contributed by atoms with Crippen molar-refractivity contribution in [2.24, 2.45) is 0 Å². The molecule has 560 valence electrons. The molecule has 0 aliphatic heterocycles. The molecule has 96 heavy (non-hydrogen) atoms. The highest BCUT2D eigenvalue weighted by atomic mass is 31.2. The van der Waals surface area contributed by atoms with E-state index in [1.54, 1.807) is 0 Å². The number of esters is 4. The largest absolute Gasteiger partial charge is 0.472 e. The fourth-order valence-electron chi connectivity index (χ4n) is 10.5. The predicted octanol–water partition coefficient (Wildman–Crippen LogP) is 21.9. The third-order valence-corrected chi connectivity index (χ3v) is 18.3. The summed E-state index contributed by atoms with van der Waals surface area (Å²) in [6.07, 6.45) is 67.7. The van der Waals surface area contributed by atoms with Crippen LogP contribution in [0.25, 0.3) is 0 Å². The van der Waals surface area contributed by atoms with Crippen LogP contribution in [0.5, 0.6) is 0 Å². The molecule has 5 atom stereocenters. The number of allylic oxidation sites excluding steroid dienone is 10. The van der Waals surface area contributed by atoms with Gasteiger partial charge in [0.15, 0.2) is 12.2 Å². The van der Waals surface area contributed by atoms with E-state index in [-0.39, 0.29) is 25.7 Å². The summed E-state index contributed by atoms with van der Waals surface area (Å²) >= 11 is 0. The zero-order chi connectivity index (χ0) is 70.4. The minimum absolute atomic E-state index is 0.0852. The van der Waals surface area contributed by atoms with Crippen molar-refractivity contribution in [2.45, 2.75) is 367 Å². The fraction of sp³-hybridized carbons (Fsp3) is 0.818. The van der Waals surface area contributed by atoms with Crippen LogP contribution in [-0.4, -0.2) is 96.7 Å². The highest BCUT2D eigenvalue weighted by molar-refractivity contribution is 7.47. The van der Waals surface area contributed by atoms with E-state index >= 15 is 0 Å². The summed E-state index contributed by atoms with van der Waals surface area (Å²) in [5, 5.41) is 10.6. The predicted molar refractivity (Wildman–Crippen MR) is 390 cm³/mol. The number of hydrogen-bond acceptors (Lipinski definition) is 15. The Balaban J connectivity index is 5.33. The molecule has 0 aromatic heterocycles. The Morgan fingerprint density at radius 2 is 0.531 bits per heavy atom. The number of ether oxygens (including phenoxy) is 4. The molecule has 0 aliphatic carbocycles. The van der Waals surface area contributed by atoms with Crippen molar-refractivity contribution in [3.05, 3.63) is 60.8 Å². The Hall–Kier alpha value is -3.24. The van der Waals surface area contributed by atoms with Crippen molar-refractivity contribution in [1.29, 1.82) is 0 Å². The number of carbonyl (C=O) groups is 4. The molecule has 17 nitrogen and oxygen atoms in total. The van der Waals surface area contributed by atoms with Gasteiger partial charge in [-0.15, -0.1) is 0 Å². The first-order chi connectivity index (χ1) is 46.7. The number of rotatable bonds is 73. The molecule has 0 bridgehead atoms. The summed E-state index contributed by atoms with van der Waals surface area (Å²) in [5.41, 5.74) is 0. The molecule has 19 heteroatoms. The molecule has 3 N–H and O–H groups in total. The Bertz CT molecular complexity index is 2060. The van der Waals surface area contributed by atoms with Gasteiger partial charge in [-0.05, 0) is 109 Å². The molecule has 0 fully saturated rings. The standard InChI is InChI=1S/C77H140O17P2/c1-5-9-13-17-21-25-29-33-35-39-42-46-50-54-58-62-75(80)88-68-73(94-77(82)64-60-56-52-48-44-40-36-34-30-26-22-18-14-10-6-2)70-92-96(85,86)90-66-71(78)65-89-95(83,84)91-69-72(93-76(81)63-59-55-51-47-43-38-32-28-24-20-16-12-8-4)67-87-74(79)61-57-53-49-45-41-37-31-27-23-19-15-11-7-3/h15,19,21,25,27-28,31-33,35,71-73,78H,5-14,16-18,20,22-24,26,29-30,34,36-70H2,1-4H3,(H,83,84)(H,85,86)/b19-15-,25-21-,31-27-,32-28-,35-33-. The molecule has 0 rings (SSSR count). The number of aliphatic hydroxyl groups excluding tert-OH is 1. The third-order valence-electron chi connectivity index (χ3n) is 16.4. The minimum atomic E-state index is -4.97. The SMILES string of the molecule is CCC/C=C\C/C=C\CCCCCCCC(=O)OCC(COP(=O)(O)OCC(O)COP(=O)(O)OCC(COC(=O)CCCCCCC/C=C\C/C=C\CCCCC)OC(=O)CCCCCCCCCCCCCCCCC)OC(=O)CCCCCCC/C=C\CCCCCC. The Labute approximate surface area is 584 Å². The van der Waals surface area contributed by atoms with Crippen molar-refractivity contribution in [1.82, 2.24) is 0 Å². The van der Waals surface area contributed by atoms with Gasteiger partial charge in [-0.25, -0.2) is 9.13 Å². The first-order valence-electron chi connectivity index (χ1n) is 38.5. The molecule has 0 aromatic rings. The normalized spacial score (nSPS) is 14.3. The van der Waals surface area contributed by atoms with E-state index < -0.39 is 97.5 Å². The smallest absolute Gasteiger partial charge is 0.462 e. The highest BCUT2D eigenvalue weighted by Gasteiger charge is 2.30. The summed E-state index contributed by atoms with van der Waals surface area (Å²) in [6, 6.07) is 0. The maximum atomic E-state index is 13.1. The van der Waals surface area contributed by atoms with Crippen LogP contribution >= 0.6 is 15.6 Å². The molecule has 0 amide bonds. The monoisotopic (exact) mass is 1400 g/mol. The zero-order valence-corrected chi connectivity index (χ0v) is 62.8. The zero-order valence-electron chi connectivity index (χ0n) is 61.1. The van der Waals surface area contributed by atoms with Crippen molar-refractivity contribution in [2.75, 3.05) is 39.6 Å². The summed E-state index contributed by atoms with van der Waals surface area (Å²) in [6.45, 7) is 4.78. The summed E-state index contributed by atoms with van der Waals surface area (Å²) in [4.78, 5) is 72.8. The van der Waals surface area contributed by atoms with Gasteiger partial charge in [0.2, 0.25) is 0 Å². The summed E-state index contributed by atoms with van der Waals surface area (Å²) < 4.78 is 68.5. The lowest BCUT2D eigenvalue weighted by molar-refractivity contribution is -0.161. The van der Waals surface area contributed by atoms with Crippen LogP contribution in [-0.2, 0) is 65.4 Å². The lowest BCUT2D eigenvalue weighted by atomic mass is 10.0. The van der Waals surface area contributed by atoms with Gasteiger partial charge in [0.25, 0.3) is 0 Å². The number of carbonyl (C=O) groups excluding carboxylic acids is 4. The topological polar surface area (TPSA) is 237 Å². The number of unbranched alkanes of at least 4 members (excludes halogenated alkanes) is 37. The quantitative estimate of drug-likeness (QED) is 0.0169. The van der Waals surface area contributed by atoms with E-state index in [9.17, 15) is 43.2 Å². The average Bonchev–Trinajstić information content (AvgIpc) is 1.17. The van der Waals surface area contributed by atoms with Gasteiger partial charge in [-0.1, -0.05) is 275 Å². The highest BCUT2D eigenvalue weighted by Crippen LogP contribution is 2.45.